The zero-order chi connectivity index (χ0) is 19.6. The first-order valence-corrected chi connectivity index (χ1v) is 7.54. The minimum absolute atomic E-state index is 0.000288. The summed E-state index contributed by atoms with van der Waals surface area (Å²) in [5.74, 6) is -0.773. The third kappa shape index (κ3) is 3.57. The van der Waals surface area contributed by atoms with Crippen molar-refractivity contribution in [2.75, 3.05) is 5.73 Å². The molecule has 0 unspecified atom stereocenters. The van der Waals surface area contributed by atoms with E-state index in [0.717, 1.165) is 4.68 Å². The number of hydrogen-bond acceptors (Lipinski definition) is 10. The lowest BCUT2D eigenvalue weighted by Gasteiger charge is -2.03. The summed E-state index contributed by atoms with van der Waals surface area (Å²) < 4.78 is 5.53. The van der Waals surface area contributed by atoms with Crippen molar-refractivity contribution in [1.29, 1.82) is 0 Å². The first-order chi connectivity index (χ1) is 12.9. The van der Waals surface area contributed by atoms with Crippen molar-refractivity contribution in [2.24, 2.45) is 5.10 Å². The van der Waals surface area contributed by atoms with Gasteiger partial charge in [0.25, 0.3) is 11.6 Å². The largest absolute Gasteiger partial charge is 0.378 e. The molecule has 0 saturated heterocycles. The Bertz CT molecular complexity index is 1060. The van der Waals surface area contributed by atoms with E-state index >= 15 is 0 Å². The maximum atomic E-state index is 12.4. The molecule has 3 aromatic rings. The minimum atomic E-state index is -0.683. The van der Waals surface area contributed by atoms with Crippen LogP contribution in [0, 0.1) is 17.0 Å². The van der Waals surface area contributed by atoms with E-state index in [-0.39, 0.29) is 39.3 Å². The van der Waals surface area contributed by atoms with Crippen molar-refractivity contribution in [2.45, 2.75) is 6.92 Å². The number of aryl methyl sites for hydroxylation is 1. The van der Waals surface area contributed by atoms with Crippen LogP contribution in [0.2, 0.25) is 5.02 Å². The van der Waals surface area contributed by atoms with Gasteiger partial charge in [-0.2, -0.15) is 9.78 Å². The molecular weight excluding hydrogens is 382 g/mol. The van der Waals surface area contributed by atoms with E-state index in [1.807, 2.05) is 0 Å². The number of amides is 1. The van der Waals surface area contributed by atoms with Gasteiger partial charge in [-0.15, -0.1) is 5.10 Å². The molecule has 0 radical (unpaired) electrons. The number of nitrogens with one attached hydrogen (secondary N) is 1. The van der Waals surface area contributed by atoms with Crippen LogP contribution in [0.1, 0.15) is 21.7 Å². The molecule has 0 aliphatic heterocycles. The van der Waals surface area contributed by atoms with Crippen molar-refractivity contribution in [3.63, 3.8) is 0 Å². The Kier molecular flexibility index (Phi) is 4.76. The molecule has 0 bridgehead atoms. The fraction of sp³-hybridized carbons (Fsp3) is 0.0769. The second-order valence-corrected chi connectivity index (χ2v) is 5.48. The fourth-order valence-corrected chi connectivity index (χ4v) is 2.23. The number of halogens is 1. The summed E-state index contributed by atoms with van der Waals surface area (Å²) in [6, 6.07) is 3.82. The van der Waals surface area contributed by atoms with Crippen LogP contribution in [0.15, 0.2) is 27.9 Å². The molecule has 1 amide bonds. The highest BCUT2D eigenvalue weighted by Crippen LogP contribution is 2.20. The Morgan fingerprint density at radius 1 is 1.48 bits per heavy atom. The molecule has 2 aromatic heterocycles. The normalized spacial score (nSPS) is 11.0. The zero-order valence-electron chi connectivity index (χ0n) is 13.5. The highest BCUT2D eigenvalue weighted by molar-refractivity contribution is 6.33. The predicted octanol–water partition coefficient (Wildman–Crippen LogP) is 0.866. The molecule has 0 aliphatic carbocycles. The highest BCUT2D eigenvalue weighted by Gasteiger charge is 2.22. The van der Waals surface area contributed by atoms with Crippen molar-refractivity contribution in [3.05, 3.63) is 50.3 Å². The maximum absolute atomic E-state index is 12.4. The number of hydrazone groups is 1. The second-order valence-electron chi connectivity index (χ2n) is 5.07. The van der Waals surface area contributed by atoms with Crippen LogP contribution in [0.5, 0.6) is 0 Å². The lowest BCUT2D eigenvalue weighted by molar-refractivity contribution is -0.384. The van der Waals surface area contributed by atoms with Crippen LogP contribution in [0.4, 0.5) is 11.5 Å². The van der Waals surface area contributed by atoms with Crippen LogP contribution in [-0.2, 0) is 0 Å². The summed E-state index contributed by atoms with van der Waals surface area (Å²) in [7, 11) is 0. The average molecular weight is 392 g/mol. The van der Waals surface area contributed by atoms with Crippen LogP contribution < -0.4 is 11.2 Å². The number of carbonyl (C=O) groups excluding carboxylic acids is 1. The fourth-order valence-electron chi connectivity index (χ4n) is 2.06. The molecule has 14 heteroatoms. The summed E-state index contributed by atoms with van der Waals surface area (Å²) in [4.78, 5) is 22.7. The number of nitrogens with two attached hydrogens (primary N) is 1. The van der Waals surface area contributed by atoms with Crippen LogP contribution in [0.3, 0.4) is 0 Å². The number of nitro benzene ring substituents is 1. The van der Waals surface area contributed by atoms with Gasteiger partial charge in [0.2, 0.25) is 11.6 Å². The molecule has 1 aromatic carbocycles. The van der Waals surface area contributed by atoms with E-state index in [2.05, 4.69) is 35.8 Å². The number of nitrogen functional groups attached to an aromatic ring is 1. The molecule has 13 nitrogen and oxygen atoms in total. The summed E-state index contributed by atoms with van der Waals surface area (Å²) in [6.07, 6.45) is 1.17. The molecule has 0 atom stereocenters. The third-order valence-electron chi connectivity index (χ3n) is 3.31. The molecule has 0 fully saturated rings. The highest BCUT2D eigenvalue weighted by atomic mass is 35.5. The van der Waals surface area contributed by atoms with Crippen molar-refractivity contribution in [3.8, 4) is 5.82 Å². The summed E-state index contributed by atoms with van der Waals surface area (Å²) in [5.41, 5.74) is 8.21. The monoisotopic (exact) mass is 391 g/mol. The summed E-state index contributed by atoms with van der Waals surface area (Å²) in [5, 5.41) is 29.3. The number of nitrogens with zero attached hydrogens (tertiary/aromatic N) is 7. The topological polar surface area (TPSA) is 180 Å². The molecular formula is C13H10ClN9O4. The number of nitro groups is 1. The van der Waals surface area contributed by atoms with Gasteiger partial charge in [0.15, 0.2) is 5.69 Å². The van der Waals surface area contributed by atoms with E-state index in [4.69, 9.17) is 17.3 Å². The molecule has 2 heterocycles. The van der Waals surface area contributed by atoms with E-state index < -0.39 is 10.8 Å². The van der Waals surface area contributed by atoms with E-state index in [0.29, 0.717) is 0 Å². The number of rotatable bonds is 5. The van der Waals surface area contributed by atoms with Crippen molar-refractivity contribution >= 4 is 35.2 Å². The average Bonchev–Trinajstić information content (AvgIpc) is 3.21. The number of benzene rings is 1. The van der Waals surface area contributed by atoms with Gasteiger partial charge in [-0.1, -0.05) is 16.8 Å². The summed E-state index contributed by atoms with van der Waals surface area (Å²) in [6.45, 7) is 1.54. The van der Waals surface area contributed by atoms with E-state index in [1.54, 1.807) is 6.92 Å². The smallest absolute Gasteiger partial charge is 0.292 e. The molecule has 3 rings (SSSR count). The Morgan fingerprint density at radius 2 is 2.26 bits per heavy atom. The lowest BCUT2D eigenvalue weighted by Crippen LogP contribution is -2.22. The van der Waals surface area contributed by atoms with Crippen LogP contribution >= 0.6 is 11.6 Å². The van der Waals surface area contributed by atoms with Gasteiger partial charge in [0.1, 0.15) is 0 Å². The van der Waals surface area contributed by atoms with Crippen LogP contribution in [0.25, 0.3) is 5.82 Å². The first-order valence-electron chi connectivity index (χ1n) is 7.16. The third-order valence-corrected chi connectivity index (χ3v) is 3.65. The second kappa shape index (κ2) is 7.17. The Labute approximate surface area is 154 Å². The van der Waals surface area contributed by atoms with Gasteiger partial charge in [-0.25, -0.2) is 10.1 Å². The van der Waals surface area contributed by atoms with Gasteiger partial charge < -0.3 is 5.73 Å². The maximum Gasteiger partial charge on any atom is 0.292 e. The minimum Gasteiger partial charge on any atom is -0.378 e. The molecule has 0 saturated carbocycles. The standard InChI is InChI=1S/C13H10ClN9O4/c1-6-10(22(21-17-6)12-11(15)19-27-20-12)13(24)18-16-5-7-4-8(23(25)26)2-3-9(7)14/h2-5H,1H3,(H2,15,19)(H,18,24)/b16-5-. The number of anilines is 1. The lowest BCUT2D eigenvalue weighted by atomic mass is 10.2. The zero-order valence-corrected chi connectivity index (χ0v) is 14.3. The first kappa shape index (κ1) is 17.9. The SMILES string of the molecule is Cc1nnn(-c2nonc2N)c1C(=O)N/N=C\c1cc([N+](=O)[O-])ccc1Cl. The summed E-state index contributed by atoms with van der Waals surface area (Å²) >= 11 is 5.96. The van der Waals surface area contributed by atoms with Gasteiger partial charge in [-0.05, 0) is 23.3 Å². The number of carbonyl (C=O) groups is 1. The van der Waals surface area contributed by atoms with Gasteiger partial charge >= 0.3 is 0 Å². The van der Waals surface area contributed by atoms with E-state index in [9.17, 15) is 14.9 Å². The number of aromatic nitrogens is 5. The van der Waals surface area contributed by atoms with Gasteiger partial charge in [0, 0.05) is 22.7 Å². The number of hydrogen-bond donors (Lipinski definition) is 2. The van der Waals surface area contributed by atoms with Crippen molar-refractivity contribution < 1.29 is 14.3 Å². The molecule has 3 N–H and O–H groups in total. The predicted molar refractivity (Wildman–Crippen MR) is 91.5 cm³/mol. The van der Waals surface area contributed by atoms with E-state index in [1.165, 1.54) is 24.4 Å². The quantitative estimate of drug-likeness (QED) is 0.362. The van der Waals surface area contributed by atoms with Gasteiger partial charge in [-0.3, -0.25) is 14.9 Å². The molecule has 138 valence electrons. The van der Waals surface area contributed by atoms with Crippen molar-refractivity contribution in [1.82, 2.24) is 30.7 Å². The Morgan fingerprint density at radius 3 is 2.93 bits per heavy atom. The Balaban J connectivity index is 1.83. The Hall–Kier alpha value is -3.87. The van der Waals surface area contributed by atoms with Gasteiger partial charge in [0.05, 0.1) is 16.8 Å². The number of non-ortho nitro benzene ring substituents is 1. The molecule has 0 spiro atoms. The molecule has 27 heavy (non-hydrogen) atoms. The molecule has 0 aliphatic rings. The van der Waals surface area contributed by atoms with Crippen LogP contribution in [-0.4, -0.2) is 42.4 Å².